The number of likely N-dealkylation sites (tertiary alicyclic amines) is 1. The fraction of sp³-hybridized carbons (Fsp3) is 0.846. The standard InChI is InChI=1S/C9H19FN2.2C2HF3O2/c10-4-7-12-6-1-2-9(8-12)3-5-11;2*3-2(4,5)1(6)7/h9H,1-8,11H2;2*(H,6,7). The van der Waals surface area contributed by atoms with Gasteiger partial charge in [0.15, 0.2) is 0 Å². The summed E-state index contributed by atoms with van der Waals surface area (Å²) in [6.45, 7) is 3.30. The Hall–Kier alpha value is -1.63. The summed E-state index contributed by atoms with van der Waals surface area (Å²) in [6, 6.07) is 0. The number of alkyl halides is 7. The molecule has 1 rings (SSSR count). The molecule has 4 N–H and O–H groups in total. The Morgan fingerprint density at radius 3 is 1.77 bits per heavy atom. The van der Waals surface area contributed by atoms with Crippen LogP contribution >= 0.6 is 0 Å². The maximum absolute atomic E-state index is 12.0. The van der Waals surface area contributed by atoms with Crippen molar-refractivity contribution >= 4 is 11.9 Å². The van der Waals surface area contributed by atoms with Gasteiger partial charge in [0.1, 0.15) is 6.67 Å². The Labute approximate surface area is 144 Å². The van der Waals surface area contributed by atoms with E-state index in [9.17, 15) is 30.7 Å². The largest absolute Gasteiger partial charge is 0.490 e. The molecule has 0 aromatic heterocycles. The van der Waals surface area contributed by atoms with Crippen molar-refractivity contribution in [2.75, 3.05) is 32.9 Å². The third-order valence-electron chi connectivity index (χ3n) is 3.06. The number of hydrogen-bond donors (Lipinski definition) is 3. The zero-order valence-corrected chi connectivity index (χ0v) is 13.6. The highest BCUT2D eigenvalue weighted by molar-refractivity contribution is 5.73. The highest BCUT2D eigenvalue weighted by atomic mass is 19.4. The number of aliphatic carboxylic acids is 2. The van der Waals surface area contributed by atoms with E-state index in [2.05, 4.69) is 4.90 Å². The Kier molecular flexibility index (Phi) is 13.0. The zero-order chi connectivity index (χ0) is 21.0. The van der Waals surface area contributed by atoms with E-state index in [1.807, 2.05) is 0 Å². The first-order chi connectivity index (χ1) is 11.8. The highest BCUT2D eigenvalue weighted by Crippen LogP contribution is 2.18. The van der Waals surface area contributed by atoms with Crippen molar-refractivity contribution in [1.82, 2.24) is 4.90 Å². The molecule has 0 spiro atoms. The van der Waals surface area contributed by atoms with Crippen molar-refractivity contribution < 1.29 is 50.5 Å². The Morgan fingerprint density at radius 2 is 1.46 bits per heavy atom. The first-order valence-corrected chi connectivity index (χ1v) is 7.34. The average molecular weight is 402 g/mol. The van der Waals surface area contributed by atoms with Gasteiger partial charge < -0.3 is 20.8 Å². The van der Waals surface area contributed by atoms with Crippen LogP contribution in [0.15, 0.2) is 0 Å². The third-order valence-corrected chi connectivity index (χ3v) is 3.06. The normalized spacial score (nSPS) is 18.1. The van der Waals surface area contributed by atoms with Crippen LogP contribution < -0.4 is 5.73 Å². The van der Waals surface area contributed by atoms with Crippen molar-refractivity contribution in [2.24, 2.45) is 11.7 Å². The van der Waals surface area contributed by atoms with Gasteiger partial charge in [0, 0.05) is 13.1 Å². The van der Waals surface area contributed by atoms with Gasteiger partial charge >= 0.3 is 24.3 Å². The summed E-state index contributed by atoms with van der Waals surface area (Å²) in [5.41, 5.74) is 5.49. The van der Waals surface area contributed by atoms with E-state index in [4.69, 9.17) is 25.5 Å². The smallest absolute Gasteiger partial charge is 0.475 e. The topological polar surface area (TPSA) is 104 Å². The molecule has 0 aliphatic carbocycles. The van der Waals surface area contributed by atoms with Crippen molar-refractivity contribution in [3.63, 3.8) is 0 Å². The van der Waals surface area contributed by atoms with Crippen molar-refractivity contribution in [3.8, 4) is 0 Å². The van der Waals surface area contributed by atoms with Gasteiger partial charge in [-0.2, -0.15) is 26.3 Å². The molecule has 1 fully saturated rings. The maximum Gasteiger partial charge on any atom is 0.490 e. The zero-order valence-electron chi connectivity index (χ0n) is 13.6. The van der Waals surface area contributed by atoms with E-state index in [0.717, 1.165) is 32.0 Å². The van der Waals surface area contributed by atoms with Gasteiger partial charge in [-0.15, -0.1) is 0 Å². The van der Waals surface area contributed by atoms with Gasteiger partial charge in [-0.05, 0) is 38.3 Å². The molecule has 6 nitrogen and oxygen atoms in total. The lowest BCUT2D eigenvalue weighted by molar-refractivity contribution is -0.193. The van der Waals surface area contributed by atoms with Crippen LogP contribution in [-0.4, -0.2) is 72.3 Å². The molecule has 1 aliphatic heterocycles. The molecule has 13 heteroatoms. The molecule has 0 aromatic carbocycles. The number of nitrogens with zero attached hydrogens (tertiary/aromatic N) is 1. The third kappa shape index (κ3) is 14.7. The van der Waals surface area contributed by atoms with Crippen molar-refractivity contribution in [1.29, 1.82) is 0 Å². The van der Waals surface area contributed by atoms with E-state index >= 15 is 0 Å². The highest BCUT2D eigenvalue weighted by Gasteiger charge is 2.38. The molecule has 1 saturated heterocycles. The van der Waals surface area contributed by atoms with E-state index in [0.29, 0.717) is 6.54 Å². The van der Waals surface area contributed by atoms with Crippen LogP contribution in [-0.2, 0) is 9.59 Å². The van der Waals surface area contributed by atoms with Gasteiger partial charge in [0.25, 0.3) is 0 Å². The molecule has 1 unspecified atom stereocenters. The lowest BCUT2D eigenvalue weighted by Crippen LogP contribution is -2.37. The second-order valence-corrected chi connectivity index (χ2v) is 5.18. The second kappa shape index (κ2) is 12.7. The number of rotatable bonds is 4. The Balaban J connectivity index is 0. The lowest BCUT2D eigenvalue weighted by Gasteiger charge is -2.31. The second-order valence-electron chi connectivity index (χ2n) is 5.18. The molecule has 0 bridgehead atoms. The lowest BCUT2D eigenvalue weighted by atomic mass is 9.95. The predicted molar refractivity (Wildman–Crippen MR) is 76.2 cm³/mol. The maximum atomic E-state index is 12.0. The molecule has 0 aromatic rings. The number of piperidine rings is 1. The fourth-order valence-corrected chi connectivity index (χ4v) is 1.95. The van der Waals surface area contributed by atoms with Crippen LogP contribution in [0.25, 0.3) is 0 Å². The summed E-state index contributed by atoms with van der Waals surface area (Å²) in [5.74, 6) is -4.80. The molecule has 0 radical (unpaired) electrons. The number of halogens is 7. The number of carboxylic acids is 2. The molecule has 1 heterocycles. The average Bonchev–Trinajstić information content (AvgIpc) is 2.47. The Morgan fingerprint density at radius 1 is 1.04 bits per heavy atom. The molecular weight excluding hydrogens is 381 g/mol. The molecule has 0 amide bonds. The van der Waals surface area contributed by atoms with Crippen LogP contribution in [0.5, 0.6) is 0 Å². The summed E-state index contributed by atoms with van der Waals surface area (Å²) in [7, 11) is 0. The molecule has 1 aliphatic rings. The minimum absolute atomic E-state index is 0.213. The summed E-state index contributed by atoms with van der Waals surface area (Å²) in [6.07, 6.45) is -6.58. The quantitative estimate of drug-likeness (QED) is 0.624. The van der Waals surface area contributed by atoms with Gasteiger partial charge in [0.05, 0.1) is 0 Å². The summed E-state index contributed by atoms with van der Waals surface area (Å²) < 4.78 is 75.5. The van der Waals surface area contributed by atoms with Crippen LogP contribution in [0, 0.1) is 5.92 Å². The van der Waals surface area contributed by atoms with Gasteiger partial charge in [-0.1, -0.05) is 0 Å². The van der Waals surface area contributed by atoms with Crippen LogP contribution in [0.2, 0.25) is 0 Å². The molecule has 1 atom stereocenters. The summed E-state index contributed by atoms with van der Waals surface area (Å²) in [5, 5.41) is 14.2. The first-order valence-electron chi connectivity index (χ1n) is 7.34. The molecule has 156 valence electrons. The number of carboxylic acid groups (broad SMARTS) is 2. The van der Waals surface area contributed by atoms with E-state index < -0.39 is 24.3 Å². The minimum atomic E-state index is -5.08. The van der Waals surface area contributed by atoms with Crippen LogP contribution in [0.3, 0.4) is 0 Å². The SMILES string of the molecule is NCCC1CCCN(CCF)C1.O=C(O)C(F)(F)F.O=C(O)C(F)(F)F. The number of carbonyl (C=O) groups is 2. The summed E-state index contributed by atoms with van der Waals surface area (Å²) in [4.78, 5) is 20.0. The van der Waals surface area contributed by atoms with Crippen molar-refractivity contribution in [2.45, 2.75) is 31.6 Å². The van der Waals surface area contributed by atoms with Crippen LogP contribution in [0.4, 0.5) is 30.7 Å². The number of hydrogen-bond acceptors (Lipinski definition) is 4. The van der Waals surface area contributed by atoms with E-state index in [1.165, 1.54) is 12.8 Å². The van der Waals surface area contributed by atoms with E-state index in [-0.39, 0.29) is 6.67 Å². The Bertz CT molecular complexity index is 376. The molecule has 26 heavy (non-hydrogen) atoms. The van der Waals surface area contributed by atoms with Gasteiger partial charge in [-0.25, -0.2) is 14.0 Å². The van der Waals surface area contributed by atoms with Crippen molar-refractivity contribution in [3.05, 3.63) is 0 Å². The predicted octanol–water partition coefficient (Wildman–Crippen LogP) is 2.28. The van der Waals surface area contributed by atoms with Gasteiger partial charge in [0.2, 0.25) is 0 Å². The monoisotopic (exact) mass is 402 g/mol. The molecular formula is C13H21F7N2O4. The van der Waals surface area contributed by atoms with Gasteiger partial charge in [-0.3, -0.25) is 0 Å². The molecule has 0 saturated carbocycles. The van der Waals surface area contributed by atoms with Crippen LogP contribution in [0.1, 0.15) is 19.3 Å². The number of nitrogens with two attached hydrogens (primary N) is 1. The fourth-order valence-electron chi connectivity index (χ4n) is 1.95. The first kappa shape index (κ1) is 26.6. The summed E-state index contributed by atoms with van der Waals surface area (Å²) >= 11 is 0. The van der Waals surface area contributed by atoms with E-state index in [1.54, 1.807) is 0 Å². The minimum Gasteiger partial charge on any atom is -0.475 e.